The third-order valence-corrected chi connectivity index (χ3v) is 8.17. The van der Waals surface area contributed by atoms with E-state index in [1.807, 2.05) is 67.0 Å². The topological polar surface area (TPSA) is 49.4 Å². The monoisotopic (exact) mass is 426 g/mol. The van der Waals surface area contributed by atoms with E-state index in [1.54, 1.807) is 4.90 Å². The molecule has 29 heavy (non-hydrogen) atoms. The Labute approximate surface area is 180 Å². The number of thioether (sulfide) groups is 2. The van der Waals surface area contributed by atoms with Gasteiger partial charge in [-0.15, -0.1) is 23.5 Å². The SMILES string of the molecule is CN(Cc1ccc(C(=O)NC2CC2)cc1)C(=O)c1ccc(C2SCCCS2)cc1. The van der Waals surface area contributed by atoms with Gasteiger partial charge in [0.15, 0.2) is 0 Å². The molecule has 6 heteroatoms. The van der Waals surface area contributed by atoms with Crippen LogP contribution in [-0.2, 0) is 6.54 Å². The van der Waals surface area contributed by atoms with Crippen LogP contribution in [-0.4, -0.2) is 41.3 Å². The van der Waals surface area contributed by atoms with Gasteiger partial charge in [0.1, 0.15) is 0 Å². The maximum absolute atomic E-state index is 12.8. The second-order valence-electron chi connectivity index (χ2n) is 7.65. The van der Waals surface area contributed by atoms with Gasteiger partial charge in [-0.2, -0.15) is 0 Å². The standard InChI is InChI=1S/C23H26N2O2S2/c1-25(15-16-3-5-17(6-4-16)21(26)24-20-11-12-20)22(27)18-7-9-19(10-8-18)23-28-13-2-14-29-23/h3-10,20,23H,2,11-15H2,1H3,(H,24,26). The normalized spacial score (nSPS) is 17.0. The van der Waals surface area contributed by atoms with Crippen LogP contribution in [0.3, 0.4) is 0 Å². The van der Waals surface area contributed by atoms with E-state index in [2.05, 4.69) is 17.4 Å². The summed E-state index contributed by atoms with van der Waals surface area (Å²) in [6.07, 6.45) is 3.44. The quantitative estimate of drug-likeness (QED) is 0.726. The van der Waals surface area contributed by atoms with Crippen LogP contribution in [0.5, 0.6) is 0 Å². The number of benzene rings is 2. The molecular weight excluding hydrogens is 400 g/mol. The molecule has 2 aliphatic rings. The molecule has 1 aliphatic heterocycles. The highest BCUT2D eigenvalue weighted by Crippen LogP contribution is 2.43. The highest BCUT2D eigenvalue weighted by molar-refractivity contribution is 8.16. The smallest absolute Gasteiger partial charge is 0.253 e. The molecule has 0 unspecified atom stereocenters. The minimum absolute atomic E-state index is 0.0102. The first kappa shape index (κ1) is 20.4. The van der Waals surface area contributed by atoms with Crippen LogP contribution in [0.4, 0.5) is 0 Å². The number of carbonyl (C=O) groups is 2. The molecular formula is C23H26N2O2S2. The Morgan fingerprint density at radius 3 is 2.21 bits per heavy atom. The molecule has 0 spiro atoms. The number of hydrogen-bond acceptors (Lipinski definition) is 4. The molecule has 1 heterocycles. The van der Waals surface area contributed by atoms with Crippen LogP contribution < -0.4 is 5.32 Å². The fourth-order valence-corrected chi connectivity index (χ4v) is 6.18. The number of hydrogen-bond donors (Lipinski definition) is 1. The Kier molecular flexibility index (Phi) is 6.50. The molecule has 0 radical (unpaired) electrons. The number of nitrogens with one attached hydrogen (secondary N) is 1. The predicted octanol–water partition coefficient (Wildman–Crippen LogP) is 4.72. The lowest BCUT2D eigenvalue weighted by molar-refractivity contribution is 0.0784. The number of nitrogens with zero attached hydrogens (tertiary/aromatic N) is 1. The lowest BCUT2D eigenvalue weighted by atomic mass is 10.1. The summed E-state index contributed by atoms with van der Waals surface area (Å²) in [5.74, 6) is 2.42. The minimum atomic E-state index is -0.0159. The van der Waals surface area contributed by atoms with Gasteiger partial charge in [0.25, 0.3) is 11.8 Å². The van der Waals surface area contributed by atoms with Crippen molar-refractivity contribution in [3.05, 3.63) is 70.8 Å². The Balaban J connectivity index is 1.34. The van der Waals surface area contributed by atoms with E-state index in [4.69, 9.17) is 0 Å². The van der Waals surface area contributed by atoms with Crippen molar-refractivity contribution in [1.29, 1.82) is 0 Å². The summed E-state index contributed by atoms with van der Waals surface area (Å²) in [5, 5.41) is 2.99. The summed E-state index contributed by atoms with van der Waals surface area (Å²) in [6.45, 7) is 0.513. The van der Waals surface area contributed by atoms with Gasteiger partial charge in [0.05, 0.1) is 4.58 Å². The highest BCUT2D eigenvalue weighted by Gasteiger charge is 2.23. The molecule has 2 amide bonds. The van der Waals surface area contributed by atoms with E-state index >= 15 is 0 Å². The van der Waals surface area contributed by atoms with Crippen molar-refractivity contribution < 1.29 is 9.59 Å². The zero-order chi connectivity index (χ0) is 20.2. The largest absolute Gasteiger partial charge is 0.349 e. The van der Waals surface area contributed by atoms with Gasteiger partial charge in [-0.25, -0.2) is 0 Å². The molecule has 2 aromatic carbocycles. The van der Waals surface area contributed by atoms with Gasteiger partial charge in [0.2, 0.25) is 0 Å². The van der Waals surface area contributed by atoms with Crippen LogP contribution in [0.25, 0.3) is 0 Å². The van der Waals surface area contributed by atoms with Crippen molar-refractivity contribution in [2.45, 2.75) is 36.4 Å². The average Bonchev–Trinajstić information content (AvgIpc) is 3.58. The Hall–Kier alpha value is -1.92. The molecule has 1 aliphatic carbocycles. The van der Waals surface area contributed by atoms with E-state index in [0.29, 0.717) is 28.3 Å². The Morgan fingerprint density at radius 1 is 0.966 bits per heavy atom. The molecule has 152 valence electrons. The fraction of sp³-hybridized carbons (Fsp3) is 0.391. The summed E-state index contributed by atoms with van der Waals surface area (Å²) in [4.78, 5) is 26.6. The fourth-order valence-electron chi connectivity index (χ4n) is 3.29. The second-order valence-corrected chi connectivity index (χ2v) is 10.4. The van der Waals surface area contributed by atoms with Crippen LogP contribution in [0.15, 0.2) is 48.5 Å². The van der Waals surface area contributed by atoms with Gasteiger partial charge in [-0.1, -0.05) is 24.3 Å². The third-order valence-electron chi connectivity index (χ3n) is 5.15. The first-order chi connectivity index (χ1) is 14.1. The van der Waals surface area contributed by atoms with E-state index in [9.17, 15) is 9.59 Å². The van der Waals surface area contributed by atoms with Crippen molar-refractivity contribution in [2.24, 2.45) is 0 Å². The number of carbonyl (C=O) groups excluding carboxylic acids is 2. The minimum Gasteiger partial charge on any atom is -0.349 e. The van der Waals surface area contributed by atoms with Crippen LogP contribution >= 0.6 is 23.5 Å². The van der Waals surface area contributed by atoms with Crippen LogP contribution in [0.1, 0.15) is 55.7 Å². The molecule has 0 atom stereocenters. The van der Waals surface area contributed by atoms with E-state index in [1.165, 1.54) is 23.5 Å². The lowest BCUT2D eigenvalue weighted by Gasteiger charge is -2.22. The van der Waals surface area contributed by atoms with Crippen molar-refractivity contribution >= 4 is 35.3 Å². The van der Waals surface area contributed by atoms with Gasteiger partial charge >= 0.3 is 0 Å². The van der Waals surface area contributed by atoms with Crippen molar-refractivity contribution in [3.8, 4) is 0 Å². The lowest BCUT2D eigenvalue weighted by Crippen LogP contribution is -2.27. The Morgan fingerprint density at radius 2 is 1.59 bits per heavy atom. The molecule has 0 aromatic heterocycles. The molecule has 2 aromatic rings. The van der Waals surface area contributed by atoms with E-state index in [-0.39, 0.29) is 11.8 Å². The molecule has 2 fully saturated rings. The zero-order valence-electron chi connectivity index (χ0n) is 16.6. The first-order valence-corrected chi connectivity index (χ1v) is 12.2. The highest BCUT2D eigenvalue weighted by atomic mass is 32.2. The molecule has 4 rings (SSSR count). The summed E-state index contributed by atoms with van der Waals surface area (Å²) >= 11 is 3.97. The van der Waals surface area contributed by atoms with Crippen LogP contribution in [0, 0.1) is 0 Å². The molecule has 1 saturated carbocycles. The third kappa shape index (κ3) is 5.37. The van der Waals surface area contributed by atoms with Crippen molar-refractivity contribution in [1.82, 2.24) is 10.2 Å². The van der Waals surface area contributed by atoms with Gasteiger partial charge in [0, 0.05) is 30.8 Å². The van der Waals surface area contributed by atoms with Crippen molar-refractivity contribution in [2.75, 3.05) is 18.6 Å². The molecule has 0 bridgehead atoms. The summed E-state index contributed by atoms with van der Waals surface area (Å²) < 4.78 is 0.487. The summed E-state index contributed by atoms with van der Waals surface area (Å²) in [7, 11) is 1.82. The Bertz CT molecular complexity index is 857. The van der Waals surface area contributed by atoms with Gasteiger partial charge in [-0.05, 0) is 66.2 Å². The second kappa shape index (κ2) is 9.26. The van der Waals surface area contributed by atoms with E-state index in [0.717, 1.165) is 18.4 Å². The summed E-state index contributed by atoms with van der Waals surface area (Å²) in [5.41, 5.74) is 3.68. The molecule has 1 N–H and O–H groups in total. The first-order valence-electron chi connectivity index (χ1n) is 10.1. The average molecular weight is 427 g/mol. The summed E-state index contributed by atoms with van der Waals surface area (Å²) in [6, 6.07) is 15.9. The maximum atomic E-state index is 12.8. The van der Waals surface area contributed by atoms with Gasteiger partial charge in [-0.3, -0.25) is 9.59 Å². The number of amides is 2. The molecule has 1 saturated heterocycles. The predicted molar refractivity (Wildman–Crippen MR) is 121 cm³/mol. The maximum Gasteiger partial charge on any atom is 0.253 e. The van der Waals surface area contributed by atoms with E-state index < -0.39 is 0 Å². The zero-order valence-corrected chi connectivity index (χ0v) is 18.2. The van der Waals surface area contributed by atoms with Gasteiger partial charge < -0.3 is 10.2 Å². The van der Waals surface area contributed by atoms with Crippen molar-refractivity contribution in [3.63, 3.8) is 0 Å². The molecule has 4 nitrogen and oxygen atoms in total. The number of rotatable bonds is 6. The van der Waals surface area contributed by atoms with Crippen LogP contribution in [0.2, 0.25) is 0 Å².